The number of hydrogen-bond donors (Lipinski definition) is 1. The van der Waals surface area contributed by atoms with Gasteiger partial charge < -0.3 is 10.2 Å². The molecule has 6 heteroatoms. The largest absolute Gasteiger partial charge is 0.368 e. The number of hydrogen-bond acceptors (Lipinski definition) is 3. The summed E-state index contributed by atoms with van der Waals surface area (Å²) < 4.78 is 13.6. The summed E-state index contributed by atoms with van der Waals surface area (Å²) in [6, 6.07) is 14.3. The molecule has 2 aromatic carbocycles. The van der Waals surface area contributed by atoms with Crippen LogP contribution in [0.3, 0.4) is 0 Å². The third kappa shape index (κ3) is 4.71. The van der Waals surface area contributed by atoms with Gasteiger partial charge in [0.25, 0.3) is 0 Å². The zero-order valence-corrected chi connectivity index (χ0v) is 14.7. The SMILES string of the molecule is O=C(CN1CCN(c2ccccc2Cl)CC1)NCc1ccccc1F. The van der Waals surface area contributed by atoms with Crippen molar-refractivity contribution in [1.82, 2.24) is 10.2 Å². The van der Waals surface area contributed by atoms with Crippen LogP contribution >= 0.6 is 11.6 Å². The highest BCUT2D eigenvalue weighted by molar-refractivity contribution is 6.33. The Labute approximate surface area is 152 Å². The summed E-state index contributed by atoms with van der Waals surface area (Å²) in [6.07, 6.45) is 0. The van der Waals surface area contributed by atoms with Crippen LogP contribution in [0.5, 0.6) is 0 Å². The molecule has 0 atom stereocenters. The smallest absolute Gasteiger partial charge is 0.234 e. The standard InChI is InChI=1S/C19H21ClFN3O/c20-16-6-2-4-8-18(16)24-11-9-23(10-12-24)14-19(25)22-13-15-5-1-3-7-17(15)21/h1-8H,9-14H2,(H,22,25). The Bertz CT molecular complexity index is 732. The van der Waals surface area contributed by atoms with Crippen molar-refractivity contribution >= 4 is 23.2 Å². The maximum absolute atomic E-state index is 13.6. The van der Waals surface area contributed by atoms with E-state index in [1.165, 1.54) is 6.07 Å². The van der Waals surface area contributed by atoms with E-state index in [1.54, 1.807) is 18.2 Å². The molecule has 25 heavy (non-hydrogen) atoms. The van der Waals surface area contributed by atoms with Crippen molar-refractivity contribution in [2.45, 2.75) is 6.54 Å². The molecule has 0 unspecified atom stereocenters. The van der Waals surface area contributed by atoms with Gasteiger partial charge in [0.05, 0.1) is 17.3 Å². The minimum atomic E-state index is -0.295. The molecule has 1 aliphatic rings. The first-order chi connectivity index (χ1) is 12.1. The van der Waals surface area contributed by atoms with Crippen LogP contribution in [0.2, 0.25) is 5.02 Å². The van der Waals surface area contributed by atoms with Crippen molar-refractivity contribution in [3.05, 3.63) is 64.9 Å². The summed E-state index contributed by atoms with van der Waals surface area (Å²) in [6.45, 7) is 3.77. The van der Waals surface area contributed by atoms with Gasteiger partial charge in [-0.15, -0.1) is 0 Å². The summed E-state index contributed by atoms with van der Waals surface area (Å²) in [7, 11) is 0. The topological polar surface area (TPSA) is 35.6 Å². The Hall–Kier alpha value is -2.11. The van der Waals surface area contributed by atoms with Crippen LogP contribution < -0.4 is 10.2 Å². The highest BCUT2D eigenvalue weighted by Gasteiger charge is 2.20. The minimum Gasteiger partial charge on any atom is -0.368 e. The lowest BCUT2D eigenvalue weighted by Gasteiger charge is -2.36. The molecule has 3 rings (SSSR count). The molecule has 0 spiro atoms. The van der Waals surface area contributed by atoms with Crippen LogP contribution in [-0.2, 0) is 11.3 Å². The first kappa shape index (κ1) is 17.7. The van der Waals surface area contributed by atoms with Crippen molar-refractivity contribution in [3.8, 4) is 0 Å². The number of para-hydroxylation sites is 1. The van der Waals surface area contributed by atoms with Crippen LogP contribution in [0.1, 0.15) is 5.56 Å². The fourth-order valence-electron chi connectivity index (χ4n) is 2.95. The zero-order valence-electron chi connectivity index (χ0n) is 13.9. The average molecular weight is 362 g/mol. The lowest BCUT2D eigenvalue weighted by molar-refractivity contribution is -0.122. The van der Waals surface area contributed by atoms with Gasteiger partial charge in [0.1, 0.15) is 5.82 Å². The summed E-state index contributed by atoms with van der Waals surface area (Å²) in [5.41, 5.74) is 1.53. The van der Waals surface area contributed by atoms with Gasteiger partial charge in [0.2, 0.25) is 5.91 Å². The third-order valence-electron chi connectivity index (χ3n) is 4.37. The average Bonchev–Trinajstić information content (AvgIpc) is 2.62. The normalized spacial score (nSPS) is 15.2. The Morgan fingerprint density at radius 2 is 1.72 bits per heavy atom. The number of carbonyl (C=O) groups is 1. The molecule has 1 aliphatic heterocycles. The van der Waals surface area contributed by atoms with Crippen LogP contribution in [0.15, 0.2) is 48.5 Å². The van der Waals surface area contributed by atoms with Crippen molar-refractivity contribution < 1.29 is 9.18 Å². The molecule has 4 nitrogen and oxygen atoms in total. The monoisotopic (exact) mass is 361 g/mol. The second-order valence-electron chi connectivity index (χ2n) is 6.08. The fraction of sp³-hybridized carbons (Fsp3) is 0.316. The van der Waals surface area contributed by atoms with Gasteiger partial charge in [-0.2, -0.15) is 0 Å². The van der Waals surface area contributed by atoms with Crippen LogP contribution in [0.4, 0.5) is 10.1 Å². The Morgan fingerprint density at radius 3 is 2.44 bits per heavy atom. The second kappa shape index (κ2) is 8.32. The molecular weight excluding hydrogens is 341 g/mol. The molecule has 1 saturated heterocycles. The van der Waals surface area contributed by atoms with Crippen molar-refractivity contribution in [2.75, 3.05) is 37.6 Å². The summed E-state index contributed by atoms with van der Waals surface area (Å²) >= 11 is 6.24. The van der Waals surface area contributed by atoms with E-state index in [0.717, 1.165) is 36.9 Å². The minimum absolute atomic E-state index is 0.0885. The molecule has 1 N–H and O–H groups in total. The number of piperazine rings is 1. The first-order valence-corrected chi connectivity index (χ1v) is 8.73. The van der Waals surface area contributed by atoms with Crippen molar-refractivity contribution in [3.63, 3.8) is 0 Å². The fourth-order valence-corrected chi connectivity index (χ4v) is 3.20. The molecule has 1 heterocycles. The molecule has 0 aliphatic carbocycles. The number of nitrogens with zero attached hydrogens (tertiary/aromatic N) is 2. The van der Waals surface area contributed by atoms with Gasteiger partial charge in [-0.25, -0.2) is 4.39 Å². The quantitative estimate of drug-likeness (QED) is 0.889. The molecule has 1 fully saturated rings. The van der Waals surface area contributed by atoms with E-state index < -0.39 is 0 Å². The highest BCUT2D eigenvalue weighted by atomic mass is 35.5. The maximum atomic E-state index is 13.6. The number of anilines is 1. The second-order valence-corrected chi connectivity index (χ2v) is 6.49. The van der Waals surface area contributed by atoms with Crippen molar-refractivity contribution in [2.24, 2.45) is 0 Å². The van der Waals surface area contributed by atoms with E-state index in [0.29, 0.717) is 12.1 Å². The lowest BCUT2D eigenvalue weighted by Crippen LogP contribution is -2.49. The van der Waals surface area contributed by atoms with Gasteiger partial charge in [0.15, 0.2) is 0 Å². The van der Waals surface area contributed by atoms with E-state index in [9.17, 15) is 9.18 Å². The molecule has 0 radical (unpaired) electrons. The molecule has 1 amide bonds. The van der Waals surface area contributed by atoms with Gasteiger partial charge >= 0.3 is 0 Å². The number of benzene rings is 2. The summed E-state index contributed by atoms with van der Waals surface area (Å²) in [4.78, 5) is 16.4. The van der Waals surface area contributed by atoms with Crippen LogP contribution in [0.25, 0.3) is 0 Å². The zero-order chi connectivity index (χ0) is 17.6. The third-order valence-corrected chi connectivity index (χ3v) is 4.69. The van der Waals surface area contributed by atoms with Crippen LogP contribution in [-0.4, -0.2) is 43.5 Å². The number of halogens is 2. The Morgan fingerprint density at radius 1 is 1.04 bits per heavy atom. The Balaban J connectivity index is 1.45. The van der Waals surface area contributed by atoms with Gasteiger partial charge in [-0.1, -0.05) is 41.9 Å². The molecule has 2 aromatic rings. The van der Waals surface area contributed by atoms with E-state index in [2.05, 4.69) is 15.1 Å². The van der Waals surface area contributed by atoms with Gasteiger partial charge in [0, 0.05) is 38.3 Å². The molecule has 0 saturated carbocycles. The number of carbonyl (C=O) groups excluding carboxylic acids is 1. The summed E-state index contributed by atoms with van der Waals surface area (Å²) in [5.74, 6) is -0.384. The molecule has 132 valence electrons. The Kier molecular flexibility index (Phi) is 5.89. The van der Waals surface area contributed by atoms with E-state index in [1.807, 2.05) is 24.3 Å². The number of amides is 1. The van der Waals surface area contributed by atoms with Crippen LogP contribution in [0, 0.1) is 5.82 Å². The predicted octanol–water partition coefficient (Wildman–Crippen LogP) is 2.92. The highest BCUT2D eigenvalue weighted by Crippen LogP contribution is 2.25. The van der Waals surface area contributed by atoms with E-state index in [4.69, 9.17) is 11.6 Å². The van der Waals surface area contributed by atoms with Gasteiger partial charge in [-0.05, 0) is 18.2 Å². The molecule has 0 bridgehead atoms. The number of rotatable bonds is 5. The first-order valence-electron chi connectivity index (χ1n) is 8.35. The van der Waals surface area contributed by atoms with Crippen molar-refractivity contribution in [1.29, 1.82) is 0 Å². The molecule has 0 aromatic heterocycles. The lowest BCUT2D eigenvalue weighted by atomic mass is 10.2. The van der Waals surface area contributed by atoms with Gasteiger partial charge in [-0.3, -0.25) is 9.69 Å². The maximum Gasteiger partial charge on any atom is 0.234 e. The van der Waals surface area contributed by atoms with E-state index >= 15 is 0 Å². The molecular formula is C19H21ClFN3O. The van der Waals surface area contributed by atoms with E-state index in [-0.39, 0.29) is 18.3 Å². The summed E-state index contributed by atoms with van der Waals surface area (Å²) in [5, 5.41) is 3.53. The number of nitrogens with one attached hydrogen (secondary N) is 1. The predicted molar refractivity (Wildman–Crippen MR) is 98.4 cm³/mol.